The molecule has 1 N–H and O–H groups in total. The topological polar surface area (TPSA) is 49.4 Å². The first-order valence-corrected chi connectivity index (χ1v) is 14.9. The first kappa shape index (κ1) is 28.6. The van der Waals surface area contributed by atoms with Crippen LogP contribution in [0.25, 0.3) is 0 Å². The normalized spacial score (nSPS) is 14.1. The van der Waals surface area contributed by atoms with Crippen LogP contribution in [0.15, 0.2) is 115 Å². The molecule has 2 amide bonds. The zero-order valence-electron chi connectivity index (χ0n) is 23.3. The summed E-state index contributed by atoms with van der Waals surface area (Å²) < 4.78 is 0. The van der Waals surface area contributed by atoms with Crippen molar-refractivity contribution in [1.82, 2.24) is 10.2 Å². The van der Waals surface area contributed by atoms with Gasteiger partial charge in [0.15, 0.2) is 0 Å². The molecule has 0 aliphatic heterocycles. The molecular formula is C36H37ClN2O2. The Morgan fingerprint density at radius 1 is 0.756 bits per heavy atom. The van der Waals surface area contributed by atoms with Gasteiger partial charge < -0.3 is 10.2 Å². The number of carbonyl (C=O) groups is 2. The number of nitrogens with zero attached hydrogens (tertiary/aromatic N) is 1. The Kier molecular flexibility index (Phi) is 9.87. The molecule has 0 spiro atoms. The maximum absolute atomic E-state index is 14.5. The van der Waals surface area contributed by atoms with E-state index in [1.807, 2.05) is 91.0 Å². The lowest BCUT2D eigenvalue weighted by Crippen LogP contribution is -2.52. The molecule has 0 heterocycles. The zero-order valence-corrected chi connectivity index (χ0v) is 24.0. The summed E-state index contributed by atoms with van der Waals surface area (Å²) in [7, 11) is 0. The van der Waals surface area contributed by atoms with E-state index in [1.165, 1.54) is 0 Å². The van der Waals surface area contributed by atoms with E-state index in [-0.39, 0.29) is 30.2 Å². The van der Waals surface area contributed by atoms with Crippen molar-refractivity contribution < 1.29 is 9.59 Å². The third-order valence-electron chi connectivity index (χ3n) is 8.00. The van der Waals surface area contributed by atoms with Gasteiger partial charge in [0.25, 0.3) is 0 Å². The Bertz CT molecular complexity index is 1370. The highest BCUT2D eigenvalue weighted by Crippen LogP contribution is 2.30. The molecular weight excluding hydrogens is 528 g/mol. The van der Waals surface area contributed by atoms with Gasteiger partial charge >= 0.3 is 0 Å². The maximum Gasteiger partial charge on any atom is 0.243 e. The van der Waals surface area contributed by atoms with E-state index in [2.05, 4.69) is 29.6 Å². The number of carbonyl (C=O) groups excluding carboxylic acids is 2. The van der Waals surface area contributed by atoms with Gasteiger partial charge in [-0.05, 0) is 47.2 Å². The molecule has 1 aliphatic carbocycles. The van der Waals surface area contributed by atoms with Crippen LogP contribution < -0.4 is 5.32 Å². The number of benzene rings is 4. The summed E-state index contributed by atoms with van der Waals surface area (Å²) in [6.45, 7) is 0.297. The lowest BCUT2D eigenvalue weighted by Gasteiger charge is -2.33. The van der Waals surface area contributed by atoms with E-state index in [0.717, 1.165) is 47.9 Å². The molecule has 210 valence electrons. The Labute approximate surface area is 248 Å². The van der Waals surface area contributed by atoms with E-state index in [9.17, 15) is 9.59 Å². The van der Waals surface area contributed by atoms with Crippen LogP contribution in [0.1, 0.15) is 60.3 Å². The minimum Gasteiger partial charge on any atom is -0.352 e. The van der Waals surface area contributed by atoms with Crippen molar-refractivity contribution in [2.75, 3.05) is 0 Å². The molecule has 1 fully saturated rings. The monoisotopic (exact) mass is 564 g/mol. The van der Waals surface area contributed by atoms with Crippen molar-refractivity contribution in [3.8, 4) is 0 Å². The first-order chi connectivity index (χ1) is 20.1. The van der Waals surface area contributed by atoms with Gasteiger partial charge in [0, 0.05) is 36.4 Å². The summed E-state index contributed by atoms with van der Waals surface area (Å²) in [5.74, 6) is -0.292. The molecule has 5 heteroatoms. The molecule has 41 heavy (non-hydrogen) atoms. The number of halogens is 1. The van der Waals surface area contributed by atoms with Crippen LogP contribution in [0.3, 0.4) is 0 Å². The average Bonchev–Trinajstić information content (AvgIpc) is 3.52. The van der Waals surface area contributed by atoms with Crippen LogP contribution in [0.4, 0.5) is 0 Å². The third kappa shape index (κ3) is 7.86. The van der Waals surface area contributed by atoms with Crippen LogP contribution in [-0.2, 0) is 22.6 Å². The highest BCUT2D eigenvalue weighted by Gasteiger charge is 2.33. The summed E-state index contributed by atoms with van der Waals surface area (Å²) in [6, 6.07) is 37.3. The van der Waals surface area contributed by atoms with E-state index in [4.69, 9.17) is 11.6 Å². The molecule has 0 unspecified atom stereocenters. The molecule has 1 atom stereocenters. The minimum atomic E-state index is -0.656. The second kappa shape index (κ2) is 14.1. The molecule has 1 saturated carbocycles. The van der Waals surface area contributed by atoms with Crippen LogP contribution in [0, 0.1) is 0 Å². The molecule has 0 aromatic heterocycles. The highest BCUT2D eigenvalue weighted by atomic mass is 35.5. The highest BCUT2D eigenvalue weighted by molar-refractivity contribution is 6.30. The summed E-state index contributed by atoms with van der Waals surface area (Å²) in [6.07, 6.45) is 4.89. The van der Waals surface area contributed by atoms with E-state index < -0.39 is 6.04 Å². The van der Waals surface area contributed by atoms with Crippen LogP contribution in [-0.4, -0.2) is 28.8 Å². The van der Waals surface area contributed by atoms with Crippen LogP contribution in [0.5, 0.6) is 0 Å². The van der Waals surface area contributed by atoms with E-state index in [0.29, 0.717) is 18.0 Å². The Balaban J connectivity index is 1.51. The minimum absolute atomic E-state index is 0.0646. The predicted molar refractivity (Wildman–Crippen MR) is 166 cm³/mol. The fourth-order valence-electron chi connectivity index (χ4n) is 5.84. The molecule has 4 aromatic rings. The van der Waals surface area contributed by atoms with E-state index in [1.54, 1.807) is 4.90 Å². The Morgan fingerprint density at radius 2 is 1.32 bits per heavy atom. The second-order valence-corrected chi connectivity index (χ2v) is 11.4. The summed E-state index contributed by atoms with van der Waals surface area (Å²) in [4.78, 5) is 30.3. The van der Waals surface area contributed by atoms with Gasteiger partial charge in [-0.3, -0.25) is 9.59 Å². The molecule has 1 aliphatic rings. The SMILES string of the molecule is O=C(NC1CCCC1)[C@H](Cc1ccccc1)N(Cc1cccc(Cl)c1)C(=O)CC(c1ccccc1)c1ccccc1. The van der Waals surface area contributed by atoms with Gasteiger partial charge in [-0.2, -0.15) is 0 Å². The lowest BCUT2D eigenvalue weighted by molar-refractivity contribution is -0.141. The Hall–Kier alpha value is -3.89. The zero-order chi connectivity index (χ0) is 28.4. The number of nitrogens with one attached hydrogen (secondary N) is 1. The first-order valence-electron chi connectivity index (χ1n) is 14.5. The molecule has 0 saturated heterocycles. The Morgan fingerprint density at radius 3 is 1.90 bits per heavy atom. The predicted octanol–water partition coefficient (Wildman–Crippen LogP) is 7.56. The number of hydrogen-bond acceptors (Lipinski definition) is 2. The van der Waals surface area contributed by atoms with Crippen molar-refractivity contribution in [2.24, 2.45) is 0 Å². The fraction of sp³-hybridized carbons (Fsp3) is 0.278. The van der Waals surface area contributed by atoms with Crippen molar-refractivity contribution in [3.05, 3.63) is 143 Å². The second-order valence-electron chi connectivity index (χ2n) is 10.9. The number of amides is 2. The van der Waals surface area contributed by atoms with Gasteiger partial charge in [0.1, 0.15) is 6.04 Å². The maximum atomic E-state index is 14.5. The standard InChI is InChI=1S/C36H37ClN2O2/c37-31-20-12-15-28(23-31)26-39(34(24-27-13-4-1-5-14-27)36(41)38-32-21-10-11-22-32)35(40)25-33(29-16-6-2-7-17-29)30-18-8-3-9-19-30/h1-9,12-20,23,32-34H,10-11,21-22,24-26H2,(H,38,41)/t34-/m0/s1. The smallest absolute Gasteiger partial charge is 0.243 e. The van der Waals surface area contributed by atoms with E-state index >= 15 is 0 Å². The number of hydrogen-bond donors (Lipinski definition) is 1. The van der Waals surface area contributed by atoms with Crippen molar-refractivity contribution in [3.63, 3.8) is 0 Å². The van der Waals surface area contributed by atoms with Crippen molar-refractivity contribution >= 4 is 23.4 Å². The average molecular weight is 565 g/mol. The van der Waals surface area contributed by atoms with Crippen LogP contribution in [0.2, 0.25) is 5.02 Å². The molecule has 4 aromatic carbocycles. The van der Waals surface area contributed by atoms with Crippen molar-refractivity contribution in [1.29, 1.82) is 0 Å². The lowest BCUT2D eigenvalue weighted by atomic mass is 9.87. The quantitative estimate of drug-likeness (QED) is 0.204. The molecule has 0 radical (unpaired) electrons. The molecule has 4 nitrogen and oxygen atoms in total. The van der Waals surface area contributed by atoms with Crippen molar-refractivity contribution in [2.45, 2.75) is 63.1 Å². The fourth-order valence-corrected chi connectivity index (χ4v) is 6.06. The van der Waals surface area contributed by atoms with Gasteiger partial charge in [-0.15, -0.1) is 0 Å². The van der Waals surface area contributed by atoms with Gasteiger partial charge in [0.05, 0.1) is 0 Å². The third-order valence-corrected chi connectivity index (χ3v) is 8.23. The van der Waals surface area contributed by atoms with Gasteiger partial charge in [-0.25, -0.2) is 0 Å². The van der Waals surface area contributed by atoms with Crippen LogP contribution >= 0.6 is 11.6 Å². The largest absolute Gasteiger partial charge is 0.352 e. The summed E-state index contributed by atoms with van der Waals surface area (Å²) >= 11 is 6.35. The molecule has 5 rings (SSSR count). The summed E-state index contributed by atoms with van der Waals surface area (Å²) in [5.41, 5.74) is 4.06. The van der Waals surface area contributed by atoms with Gasteiger partial charge in [-0.1, -0.05) is 128 Å². The number of rotatable bonds is 11. The van der Waals surface area contributed by atoms with Gasteiger partial charge in [0.2, 0.25) is 11.8 Å². The summed E-state index contributed by atoms with van der Waals surface area (Å²) in [5, 5.41) is 3.90. The molecule has 0 bridgehead atoms.